The summed E-state index contributed by atoms with van der Waals surface area (Å²) < 4.78 is 28.0. The average Bonchev–Trinajstić information content (AvgIpc) is 3.76. The lowest BCUT2D eigenvalue weighted by Crippen LogP contribution is -2.31. The van der Waals surface area contributed by atoms with Crippen molar-refractivity contribution in [1.29, 1.82) is 0 Å². The van der Waals surface area contributed by atoms with E-state index in [0.717, 1.165) is 73.7 Å². The van der Waals surface area contributed by atoms with Gasteiger partial charge in [0.05, 0.1) is 36.1 Å². The van der Waals surface area contributed by atoms with Crippen LogP contribution in [0.2, 0.25) is 0 Å². The number of aromatic amines is 1. The van der Waals surface area contributed by atoms with Crippen LogP contribution < -0.4 is 15.3 Å². The van der Waals surface area contributed by atoms with E-state index in [1.807, 2.05) is 18.2 Å². The predicted octanol–water partition coefficient (Wildman–Crippen LogP) is 5.99. The molecule has 5 aromatic rings. The molecular formula is C36H40FN7O3. The lowest BCUT2D eigenvalue weighted by atomic mass is 9.86. The van der Waals surface area contributed by atoms with Crippen LogP contribution in [0.3, 0.4) is 0 Å². The Kier molecular flexibility index (Phi) is 8.50. The lowest BCUT2D eigenvalue weighted by molar-refractivity contribution is 0.187. The highest BCUT2D eigenvalue weighted by Gasteiger charge is 2.44. The van der Waals surface area contributed by atoms with Crippen LogP contribution in [0.4, 0.5) is 10.2 Å². The number of pyridine rings is 1. The van der Waals surface area contributed by atoms with Gasteiger partial charge >= 0.3 is 5.69 Å². The fourth-order valence-electron chi connectivity index (χ4n) is 7.23. The van der Waals surface area contributed by atoms with Crippen molar-refractivity contribution in [1.82, 2.24) is 29.4 Å². The molecule has 1 atom stereocenters. The smallest absolute Gasteiger partial charge is 0.326 e. The SMILES string of the molecule is COCCn1c(=O)[nH]c2cc(CN3CCC4(CCN(c5ncncc5Oc5ccc(F)cc5-c5cccnc5C(C)C)C4)C3)ccc21. The number of fused-ring (bicyclic) bond motifs is 1. The summed E-state index contributed by atoms with van der Waals surface area (Å²) in [4.78, 5) is 33.8. The summed E-state index contributed by atoms with van der Waals surface area (Å²) in [6, 6.07) is 14.7. The van der Waals surface area contributed by atoms with Crippen molar-refractivity contribution in [3.63, 3.8) is 0 Å². The summed E-state index contributed by atoms with van der Waals surface area (Å²) >= 11 is 0. The summed E-state index contributed by atoms with van der Waals surface area (Å²) in [6.45, 7) is 9.70. The number of hydrogen-bond acceptors (Lipinski definition) is 8. The number of anilines is 1. The molecule has 2 aliphatic rings. The minimum Gasteiger partial charge on any atom is -0.451 e. The van der Waals surface area contributed by atoms with Crippen molar-refractivity contribution in [3.8, 4) is 22.6 Å². The highest BCUT2D eigenvalue weighted by atomic mass is 19.1. The van der Waals surface area contributed by atoms with Crippen LogP contribution in [-0.2, 0) is 17.8 Å². The van der Waals surface area contributed by atoms with Gasteiger partial charge in [0.25, 0.3) is 0 Å². The van der Waals surface area contributed by atoms with Crippen LogP contribution in [-0.4, -0.2) is 69.3 Å². The third kappa shape index (κ3) is 6.25. The highest BCUT2D eigenvalue weighted by molar-refractivity contribution is 5.76. The molecule has 2 fully saturated rings. The fourth-order valence-corrected chi connectivity index (χ4v) is 7.23. The van der Waals surface area contributed by atoms with E-state index < -0.39 is 0 Å². The number of benzene rings is 2. The van der Waals surface area contributed by atoms with E-state index in [9.17, 15) is 9.18 Å². The number of ether oxygens (including phenoxy) is 2. The molecule has 1 unspecified atom stereocenters. The second kappa shape index (κ2) is 12.9. The summed E-state index contributed by atoms with van der Waals surface area (Å²) in [5.74, 6) is 1.64. The van der Waals surface area contributed by atoms with Crippen LogP contribution in [0.15, 0.2) is 72.0 Å². The van der Waals surface area contributed by atoms with E-state index >= 15 is 0 Å². The Hall–Kier alpha value is -4.61. The van der Waals surface area contributed by atoms with E-state index in [2.05, 4.69) is 55.7 Å². The van der Waals surface area contributed by atoms with E-state index in [1.54, 1.807) is 36.5 Å². The van der Waals surface area contributed by atoms with Gasteiger partial charge in [0.2, 0.25) is 0 Å². The fraction of sp³-hybridized carbons (Fsp3) is 0.389. The number of aromatic nitrogens is 5. The van der Waals surface area contributed by atoms with E-state index in [4.69, 9.17) is 9.47 Å². The third-order valence-electron chi connectivity index (χ3n) is 9.51. The minimum absolute atomic E-state index is 0.110. The molecule has 0 amide bonds. The van der Waals surface area contributed by atoms with Crippen LogP contribution >= 0.6 is 0 Å². The molecule has 47 heavy (non-hydrogen) atoms. The number of imidazole rings is 1. The summed E-state index contributed by atoms with van der Waals surface area (Å²) in [5.41, 5.74) is 5.35. The molecule has 0 aliphatic carbocycles. The zero-order valence-electron chi connectivity index (χ0n) is 27.1. The van der Waals surface area contributed by atoms with Gasteiger partial charge in [0, 0.05) is 56.0 Å². The number of hydrogen-bond donors (Lipinski definition) is 1. The first kappa shape index (κ1) is 31.0. The molecule has 0 bridgehead atoms. The van der Waals surface area contributed by atoms with E-state index in [-0.39, 0.29) is 22.8 Å². The first-order chi connectivity index (χ1) is 22.8. The topological polar surface area (TPSA) is 101 Å². The minimum atomic E-state index is -0.337. The van der Waals surface area contributed by atoms with Crippen molar-refractivity contribution in [2.24, 2.45) is 5.41 Å². The Morgan fingerprint density at radius 3 is 2.74 bits per heavy atom. The van der Waals surface area contributed by atoms with E-state index in [0.29, 0.717) is 30.2 Å². The molecule has 5 heterocycles. The number of H-pyrrole nitrogens is 1. The standard InChI is InChI=1S/C36H40FN7O3/c1-24(2)33-27(5-4-12-39-33)28-18-26(37)7-9-31(28)47-32-19-38-23-40-34(32)43-14-11-36(22-43)10-13-42(21-36)20-25-6-8-30-29(17-25)41-35(45)44(30)15-16-46-3/h4-9,12,17-19,23-24H,10-11,13-16,20-22H2,1-3H3,(H,41,45). The van der Waals surface area contributed by atoms with Gasteiger partial charge in [-0.1, -0.05) is 26.0 Å². The molecule has 10 nitrogen and oxygen atoms in total. The molecule has 0 radical (unpaired) electrons. The number of methoxy groups -OCH3 is 1. The molecule has 2 aliphatic heterocycles. The van der Waals surface area contributed by atoms with Crippen LogP contribution in [0.1, 0.15) is 43.9 Å². The first-order valence-electron chi connectivity index (χ1n) is 16.2. The average molecular weight is 638 g/mol. The first-order valence-corrected chi connectivity index (χ1v) is 16.2. The summed E-state index contributed by atoms with van der Waals surface area (Å²) in [7, 11) is 1.64. The maximum Gasteiger partial charge on any atom is 0.326 e. The van der Waals surface area contributed by atoms with Crippen molar-refractivity contribution < 1.29 is 13.9 Å². The monoisotopic (exact) mass is 637 g/mol. The number of rotatable bonds is 10. The zero-order valence-corrected chi connectivity index (χ0v) is 27.1. The lowest BCUT2D eigenvalue weighted by Gasteiger charge is -2.26. The second-order valence-electron chi connectivity index (χ2n) is 13.1. The van der Waals surface area contributed by atoms with Crippen LogP contribution in [0, 0.1) is 11.2 Å². The van der Waals surface area contributed by atoms with Crippen molar-refractivity contribution >= 4 is 16.9 Å². The van der Waals surface area contributed by atoms with Gasteiger partial charge in [-0.05, 0) is 67.3 Å². The van der Waals surface area contributed by atoms with Crippen molar-refractivity contribution in [2.45, 2.75) is 45.7 Å². The van der Waals surface area contributed by atoms with Crippen molar-refractivity contribution in [2.75, 3.05) is 44.8 Å². The van der Waals surface area contributed by atoms with Gasteiger partial charge in [-0.2, -0.15) is 0 Å². The maximum absolute atomic E-state index is 14.6. The summed E-state index contributed by atoms with van der Waals surface area (Å²) in [6.07, 6.45) is 7.16. The molecule has 1 N–H and O–H groups in total. The Labute approximate surface area is 273 Å². The largest absolute Gasteiger partial charge is 0.451 e. The van der Waals surface area contributed by atoms with Crippen molar-refractivity contribution in [3.05, 3.63) is 94.8 Å². The van der Waals surface area contributed by atoms with E-state index in [1.165, 1.54) is 17.7 Å². The Bertz CT molecular complexity index is 1960. The molecule has 2 saturated heterocycles. The Balaban J connectivity index is 1.07. The normalized spacial score (nSPS) is 18.3. The van der Waals surface area contributed by atoms with Gasteiger partial charge in [-0.15, -0.1) is 0 Å². The zero-order chi connectivity index (χ0) is 32.5. The molecule has 1 spiro atoms. The van der Waals surface area contributed by atoms with Gasteiger partial charge in [0.1, 0.15) is 17.9 Å². The van der Waals surface area contributed by atoms with Gasteiger partial charge < -0.3 is 19.4 Å². The van der Waals surface area contributed by atoms with Gasteiger partial charge in [-0.25, -0.2) is 19.2 Å². The predicted molar refractivity (Wildman–Crippen MR) is 179 cm³/mol. The van der Waals surface area contributed by atoms with Crippen LogP contribution in [0.5, 0.6) is 11.5 Å². The van der Waals surface area contributed by atoms with Gasteiger partial charge in [-0.3, -0.25) is 14.5 Å². The second-order valence-corrected chi connectivity index (χ2v) is 13.1. The summed E-state index contributed by atoms with van der Waals surface area (Å²) in [5, 5.41) is 0. The third-order valence-corrected chi connectivity index (χ3v) is 9.51. The molecule has 2 aromatic carbocycles. The number of nitrogens with one attached hydrogen (secondary N) is 1. The van der Waals surface area contributed by atoms with Crippen LogP contribution in [0.25, 0.3) is 22.2 Å². The Morgan fingerprint density at radius 2 is 1.89 bits per heavy atom. The maximum atomic E-state index is 14.6. The molecule has 3 aromatic heterocycles. The molecule has 7 rings (SSSR count). The number of nitrogens with zero attached hydrogens (tertiary/aromatic N) is 6. The van der Waals surface area contributed by atoms with Gasteiger partial charge in [0.15, 0.2) is 11.6 Å². The Morgan fingerprint density at radius 1 is 1.02 bits per heavy atom. The molecule has 11 heteroatoms. The quantitative estimate of drug-likeness (QED) is 0.200. The molecule has 0 saturated carbocycles. The molecular weight excluding hydrogens is 597 g/mol. The molecule has 244 valence electrons. The highest BCUT2D eigenvalue weighted by Crippen LogP contribution is 2.44. The number of halogens is 1. The number of likely N-dealkylation sites (tertiary alicyclic amines) is 1.